The maximum Gasteiger partial charge on any atom is 0.222 e. The van der Waals surface area contributed by atoms with E-state index in [9.17, 15) is 4.79 Å². The number of anilines is 4. The van der Waals surface area contributed by atoms with E-state index in [1.807, 2.05) is 66.7 Å². The second-order valence-corrected chi connectivity index (χ2v) is 6.99. The Bertz CT molecular complexity index is 1180. The van der Waals surface area contributed by atoms with Crippen LogP contribution in [0.4, 0.5) is 23.1 Å². The molecule has 4 N–H and O–H groups in total. The number of benzene rings is 3. The van der Waals surface area contributed by atoms with Gasteiger partial charge in [-0.15, -0.1) is 0 Å². The summed E-state index contributed by atoms with van der Waals surface area (Å²) in [5.74, 6) is 0.779. The van der Waals surface area contributed by atoms with E-state index >= 15 is 0 Å². The lowest BCUT2D eigenvalue weighted by atomic mass is 10.0. The molecule has 4 aromatic rings. The Balaban J connectivity index is 1.90. The molecule has 4 rings (SSSR count). The zero-order valence-electron chi connectivity index (χ0n) is 14.7. The fourth-order valence-corrected chi connectivity index (χ4v) is 3.49. The zero-order chi connectivity index (χ0) is 19.5. The number of carbonyl (C=O) groups is 1. The average molecular weight is 434 g/mol. The number of nitrogens with one attached hydrogen (secondary N) is 2. The molecule has 28 heavy (non-hydrogen) atoms. The van der Waals surface area contributed by atoms with Crippen LogP contribution in [-0.4, -0.2) is 16.4 Å². The van der Waals surface area contributed by atoms with Crippen LogP contribution in [0.5, 0.6) is 0 Å². The molecule has 3 aromatic carbocycles. The van der Waals surface area contributed by atoms with Gasteiger partial charge in [-0.1, -0.05) is 52.3 Å². The van der Waals surface area contributed by atoms with Crippen LogP contribution in [0.3, 0.4) is 0 Å². The first-order valence-electron chi connectivity index (χ1n) is 8.54. The van der Waals surface area contributed by atoms with E-state index < -0.39 is 0 Å². The van der Waals surface area contributed by atoms with E-state index in [0.717, 1.165) is 26.7 Å². The van der Waals surface area contributed by atoms with E-state index in [0.29, 0.717) is 23.4 Å². The van der Waals surface area contributed by atoms with Crippen LogP contribution in [0, 0.1) is 0 Å². The molecule has 0 aliphatic rings. The van der Waals surface area contributed by atoms with E-state index in [2.05, 4.69) is 36.5 Å². The first-order valence-corrected chi connectivity index (χ1v) is 9.33. The lowest BCUT2D eigenvalue weighted by Crippen LogP contribution is -2.03. The Morgan fingerprint density at radius 2 is 1.71 bits per heavy atom. The highest BCUT2D eigenvalue weighted by molar-refractivity contribution is 9.10. The Morgan fingerprint density at radius 1 is 0.929 bits per heavy atom. The molecule has 1 aromatic heterocycles. The predicted molar refractivity (Wildman–Crippen MR) is 116 cm³/mol. The number of hydrogen-bond donors (Lipinski definition) is 3. The first-order chi connectivity index (χ1) is 13.7. The highest BCUT2D eigenvalue weighted by Gasteiger charge is 2.14. The minimum Gasteiger partial charge on any atom is -0.368 e. The van der Waals surface area contributed by atoms with Gasteiger partial charge < -0.3 is 16.4 Å². The number of nitrogen functional groups attached to an aromatic ring is 1. The normalized spacial score (nSPS) is 10.6. The van der Waals surface area contributed by atoms with Gasteiger partial charge in [0.25, 0.3) is 0 Å². The van der Waals surface area contributed by atoms with Crippen LogP contribution in [0.1, 0.15) is 0 Å². The van der Waals surface area contributed by atoms with Crippen LogP contribution in [0.25, 0.3) is 22.0 Å². The molecule has 0 radical (unpaired) electrons. The standard InChI is InChI=1S/C21H16BrN5O/c22-13-5-3-6-14(11-13)25-20-17-9-4-8-16(19(17)26-21(23)27-20)15-7-1-2-10-18(15)24-12-28/h1-12H,(H,24,28)(H3,23,25,26,27). The van der Waals surface area contributed by atoms with E-state index in [1.54, 1.807) is 0 Å². The summed E-state index contributed by atoms with van der Waals surface area (Å²) in [6.45, 7) is 0. The topological polar surface area (TPSA) is 92.9 Å². The van der Waals surface area contributed by atoms with Crippen molar-refractivity contribution >= 4 is 56.4 Å². The number of para-hydroxylation sites is 2. The summed E-state index contributed by atoms with van der Waals surface area (Å²) in [5, 5.41) is 6.88. The molecule has 6 nitrogen and oxygen atoms in total. The third-order valence-corrected chi connectivity index (χ3v) is 4.76. The molecular formula is C21H16BrN5O. The summed E-state index contributed by atoms with van der Waals surface area (Å²) in [6.07, 6.45) is 0.660. The average Bonchev–Trinajstić information content (AvgIpc) is 2.68. The number of nitrogens with zero attached hydrogens (tertiary/aromatic N) is 2. The van der Waals surface area contributed by atoms with Crippen molar-refractivity contribution in [1.29, 1.82) is 0 Å². The van der Waals surface area contributed by atoms with Crippen LogP contribution in [0.2, 0.25) is 0 Å². The minimum absolute atomic E-state index is 0.165. The van der Waals surface area contributed by atoms with Crippen LogP contribution in [0.15, 0.2) is 71.2 Å². The van der Waals surface area contributed by atoms with Crippen LogP contribution >= 0.6 is 15.9 Å². The summed E-state index contributed by atoms with van der Waals surface area (Å²) >= 11 is 3.47. The van der Waals surface area contributed by atoms with Crippen molar-refractivity contribution in [1.82, 2.24) is 9.97 Å². The number of fused-ring (bicyclic) bond motifs is 1. The fourth-order valence-electron chi connectivity index (χ4n) is 3.09. The lowest BCUT2D eigenvalue weighted by molar-refractivity contribution is -0.105. The summed E-state index contributed by atoms with van der Waals surface area (Å²) in [4.78, 5) is 19.9. The van der Waals surface area contributed by atoms with Crippen molar-refractivity contribution in [2.75, 3.05) is 16.4 Å². The molecular weight excluding hydrogens is 418 g/mol. The van der Waals surface area contributed by atoms with Crippen LogP contribution in [-0.2, 0) is 4.79 Å². The number of halogens is 1. The quantitative estimate of drug-likeness (QED) is 0.387. The third-order valence-electron chi connectivity index (χ3n) is 4.26. The van der Waals surface area contributed by atoms with Crippen molar-refractivity contribution in [2.45, 2.75) is 0 Å². The van der Waals surface area contributed by atoms with Gasteiger partial charge in [0, 0.05) is 32.4 Å². The highest BCUT2D eigenvalue weighted by Crippen LogP contribution is 2.35. The Hall–Kier alpha value is -3.45. The summed E-state index contributed by atoms with van der Waals surface area (Å²) < 4.78 is 0.957. The van der Waals surface area contributed by atoms with Crippen LogP contribution < -0.4 is 16.4 Å². The molecule has 0 fully saturated rings. The fraction of sp³-hybridized carbons (Fsp3) is 0. The first kappa shape index (κ1) is 17.9. The smallest absolute Gasteiger partial charge is 0.222 e. The number of carbonyl (C=O) groups excluding carboxylic acids is 1. The number of aromatic nitrogens is 2. The number of rotatable bonds is 5. The molecule has 0 saturated carbocycles. The van der Waals surface area contributed by atoms with Crippen molar-refractivity contribution in [3.63, 3.8) is 0 Å². The predicted octanol–water partition coefficient (Wildman–Crippen LogP) is 4.95. The molecule has 0 bridgehead atoms. The zero-order valence-corrected chi connectivity index (χ0v) is 16.3. The second-order valence-electron chi connectivity index (χ2n) is 6.08. The summed E-state index contributed by atoms with van der Waals surface area (Å²) in [5.41, 5.74) is 9.99. The molecule has 0 aliphatic heterocycles. The molecule has 0 saturated heterocycles. The molecule has 1 amide bonds. The van der Waals surface area contributed by atoms with Crippen molar-refractivity contribution in [3.05, 3.63) is 71.2 Å². The number of amides is 1. The monoisotopic (exact) mass is 433 g/mol. The van der Waals surface area contributed by atoms with Gasteiger partial charge in [-0.25, -0.2) is 4.98 Å². The summed E-state index contributed by atoms with van der Waals surface area (Å²) in [7, 11) is 0. The lowest BCUT2D eigenvalue weighted by Gasteiger charge is -2.14. The van der Waals surface area contributed by atoms with Crippen molar-refractivity contribution in [2.24, 2.45) is 0 Å². The van der Waals surface area contributed by atoms with Gasteiger partial charge in [0.15, 0.2) is 0 Å². The number of hydrogen-bond acceptors (Lipinski definition) is 5. The van der Waals surface area contributed by atoms with Gasteiger partial charge in [-0.2, -0.15) is 4.98 Å². The molecule has 7 heteroatoms. The Morgan fingerprint density at radius 3 is 2.54 bits per heavy atom. The Kier molecular flexibility index (Phi) is 4.90. The van der Waals surface area contributed by atoms with Crippen molar-refractivity contribution < 1.29 is 4.79 Å². The molecule has 0 spiro atoms. The maximum absolute atomic E-state index is 11.0. The van der Waals surface area contributed by atoms with Gasteiger partial charge in [0.1, 0.15) is 5.82 Å². The molecule has 0 aliphatic carbocycles. The summed E-state index contributed by atoms with van der Waals surface area (Å²) in [6, 6.07) is 21.2. The van der Waals surface area contributed by atoms with E-state index in [4.69, 9.17) is 5.73 Å². The van der Waals surface area contributed by atoms with Gasteiger partial charge in [-0.05, 0) is 30.3 Å². The maximum atomic E-state index is 11.0. The van der Waals surface area contributed by atoms with E-state index in [1.165, 1.54) is 0 Å². The second kappa shape index (κ2) is 7.66. The SMILES string of the molecule is Nc1nc(Nc2cccc(Br)c2)c2cccc(-c3ccccc3NC=O)c2n1. The molecule has 1 heterocycles. The third kappa shape index (κ3) is 3.52. The van der Waals surface area contributed by atoms with Gasteiger partial charge >= 0.3 is 0 Å². The van der Waals surface area contributed by atoms with Gasteiger partial charge in [-0.3, -0.25) is 4.79 Å². The molecule has 138 valence electrons. The highest BCUT2D eigenvalue weighted by atomic mass is 79.9. The molecule has 0 atom stereocenters. The largest absolute Gasteiger partial charge is 0.368 e. The van der Waals surface area contributed by atoms with Crippen molar-refractivity contribution in [3.8, 4) is 11.1 Å². The molecule has 0 unspecified atom stereocenters. The van der Waals surface area contributed by atoms with Gasteiger partial charge in [0.2, 0.25) is 12.4 Å². The van der Waals surface area contributed by atoms with Gasteiger partial charge in [0.05, 0.1) is 5.52 Å². The van der Waals surface area contributed by atoms with E-state index in [-0.39, 0.29) is 5.95 Å². The number of nitrogens with two attached hydrogens (primary N) is 1. The minimum atomic E-state index is 0.165. The Labute approximate surface area is 170 Å².